The Balaban J connectivity index is 2.36. The molecule has 1 N–H and O–H groups in total. The second-order valence-electron chi connectivity index (χ2n) is 5.53. The Morgan fingerprint density at radius 1 is 0.857 bits per heavy atom. The molecule has 0 aromatic heterocycles. The summed E-state index contributed by atoms with van der Waals surface area (Å²) in [4.78, 5) is 0. The van der Waals surface area contributed by atoms with Gasteiger partial charge in [-0.15, -0.1) is 0 Å². The van der Waals surface area contributed by atoms with E-state index < -0.39 is 0 Å². The molecule has 0 saturated carbocycles. The molecule has 2 aromatic carbocycles. The highest BCUT2D eigenvalue weighted by molar-refractivity contribution is 5.38. The minimum absolute atomic E-state index is 0.298. The van der Waals surface area contributed by atoms with Gasteiger partial charge < -0.3 is 5.32 Å². The fourth-order valence-electron chi connectivity index (χ4n) is 2.78. The topological polar surface area (TPSA) is 12.0 Å². The summed E-state index contributed by atoms with van der Waals surface area (Å²) < 4.78 is 0. The first-order valence-corrected chi connectivity index (χ1v) is 8.20. The third kappa shape index (κ3) is 3.95. The minimum Gasteiger partial charge on any atom is -0.306 e. The Labute approximate surface area is 129 Å². The Morgan fingerprint density at radius 3 is 2.19 bits per heavy atom. The van der Waals surface area contributed by atoms with Crippen LogP contribution in [-0.2, 0) is 12.8 Å². The molecule has 1 heteroatoms. The van der Waals surface area contributed by atoms with Crippen LogP contribution in [0.2, 0.25) is 0 Å². The Hall–Kier alpha value is -1.60. The average molecular weight is 281 g/mol. The van der Waals surface area contributed by atoms with Crippen LogP contribution in [0.15, 0.2) is 48.5 Å². The van der Waals surface area contributed by atoms with E-state index in [1.165, 1.54) is 22.3 Å². The summed E-state index contributed by atoms with van der Waals surface area (Å²) in [5.74, 6) is 0. The highest BCUT2D eigenvalue weighted by atomic mass is 14.9. The molecule has 1 nitrogen and oxygen atoms in total. The van der Waals surface area contributed by atoms with E-state index in [1.54, 1.807) is 0 Å². The van der Waals surface area contributed by atoms with Gasteiger partial charge in [0.2, 0.25) is 0 Å². The number of aryl methyl sites for hydroxylation is 2. The van der Waals surface area contributed by atoms with Crippen molar-refractivity contribution >= 4 is 0 Å². The summed E-state index contributed by atoms with van der Waals surface area (Å²) in [5, 5.41) is 3.71. The molecule has 1 unspecified atom stereocenters. The third-order valence-corrected chi connectivity index (χ3v) is 4.07. The van der Waals surface area contributed by atoms with Crippen molar-refractivity contribution in [3.8, 4) is 0 Å². The normalized spacial score (nSPS) is 12.3. The predicted octanol–water partition coefficient (Wildman–Crippen LogP) is 4.90. The van der Waals surface area contributed by atoms with Crippen LogP contribution in [0.4, 0.5) is 0 Å². The highest BCUT2D eigenvalue weighted by Crippen LogP contribution is 2.26. The Morgan fingerprint density at radius 2 is 1.57 bits per heavy atom. The molecule has 0 aliphatic heterocycles. The molecule has 0 radical (unpaired) electrons. The lowest BCUT2D eigenvalue weighted by atomic mass is 9.92. The molecule has 2 aromatic rings. The SMILES string of the molecule is CCCNC(c1ccc(CC)cc1)c1ccccc1CC. The van der Waals surface area contributed by atoms with E-state index in [-0.39, 0.29) is 0 Å². The maximum atomic E-state index is 3.71. The van der Waals surface area contributed by atoms with Crippen LogP contribution < -0.4 is 5.32 Å². The zero-order valence-corrected chi connectivity index (χ0v) is 13.5. The fraction of sp³-hybridized carbons (Fsp3) is 0.400. The lowest BCUT2D eigenvalue weighted by molar-refractivity contribution is 0.594. The minimum atomic E-state index is 0.298. The maximum absolute atomic E-state index is 3.71. The van der Waals surface area contributed by atoms with Gasteiger partial charge >= 0.3 is 0 Å². The van der Waals surface area contributed by atoms with E-state index in [1.807, 2.05) is 0 Å². The largest absolute Gasteiger partial charge is 0.306 e. The molecule has 0 heterocycles. The van der Waals surface area contributed by atoms with Gasteiger partial charge in [-0.3, -0.25) is 0 Å². The fourth-order valence-corrected chi connectivity index (χ4v) is 2.78. The van der Waals surface area contributed by atoms with E-state index in [0.29, 0.717) is 6.04 Å². The van der Waals surface area contributed by atoms with E-state index in [9.17, 15) is 0 Å². The summed E-state index contributed by atoms with van der Waals surface area (Å²) >= 11 is 0. The summed E-state index contributed by atoms with van der Waals surface area (Å²) in [6.45, 7) is 7.69. The van der Waals surface area contributed by atoms with Crippen molar-refractivity contribution in [3.05, 3.63) is 70.8 Å². The van der Waals surface area contributed by atoms with Crippen LogP contribution >= 0.6 is 0 Å². The van der Waals surface area contributed by atoms with Crippen LogP contribution in [0.25, 0.3) is 0 Å². The molecule has 0 amide bonds. The Bertz CT molecular complexity index is 542. The van der Waals surface area contributed by atoms with Gasteiger partial charge in [0.05, 0.1) is 6.04 Å². The van der Waals surface area contributed by atoms with Crippen LogP contribution in [0, 0.1) is 0 Å². The van der Waals surface area contributed by atoms with E-state index in [0.717, 1.165) is 25.8 Å². The van der Waals surface area contributed by atoms with Crippen LogP contribution in [0.3, 0.4) is 0 Å². The van der Waals surface area contributed by atoms with Crippen molar-refractivity contribution in [2.24, 2.45) is 0 Å². The average Bonchev–Trinajstić information content (AvgIpc) is 2.56. The number of hydrogen-bond acceptors (Lipinski definition) is 1. The van der Waals surface area contributed by atoms with Crippen molar-refractivity contribution in [2.75, 3.05) is 6.54 Å². The number of nitrogens with one attached hydrogen (secondary N) is 1. The van der Waals surface area contributed by atoms with Gasteiger partial charge in [-0.05, 0) is 48.1 Å². The van der Waals surface area contributed by atoms with Crippen molar-refractivity contribution in [2.45, 2.75) is 46.1 Å². The summed E-state index contributed by atoms with van der Waals surface area (Å²) in [7, 11) is 0. The van der Waals surface area contributed by atoms with Crippen molar-refractivity contribution in [1.82, 2.24) is 5.32 Å². The van der Waals surface area contributed by atoms with E-state index in [4.69, 9.17) is 0 Å². The molecule has 0 aliphatic rings. The third-order valence-electron chi connectivity index (χ3n) is 4.07. The standard InChI is InChI=1S/C20H27N/c1-4-15-21-20(18-13-11-16(5-2)12-14-18)19-10-8-7-9-17(19)6-3/h7-14,20-21H,4-6,15H2,1-3H3. The molecule has 112 valence electrons. The van der Waals surface area contributed by atoms with E-state index >= 15 is 0 Å². The zero-order valence-electron chi connectivity index (χ0n) is 13.5. The van der Waals surface area contributed by atoms with Crippen molar-refractivity contribution in [1.29, 1.82) is 0 Å². The van der Waals surface area contributed by atoms with Crippen molar-refractivity contribution < 1.29 is 0 Å². The second-order valence-corrected chi connectivity index (χ2v) is 5.53. The molecule has 0 fully saturated rings. The van der Waals surface area contributed by atoms with Crippen molar-refractivity contribution in [3.63, 3.8) is 0 Å². The van der Waals surface area contributed by atoms with Gasteiger partial charge in [0, 0.05) is 0 Å². The van der Waals surface area contributed by atoms with E-state index in [2.05, 4.69) is 74.6 Å². The van der Waals surface area contributed by atoms with Gasteiger partial charge in [-0.25, -0.2) is 0 Å². The maximum Gasteiger partial charge on any atom is 0.0579 e. The summed E-state index contributed by atoms with van der Waals surface area (Å²) in [6.07, 6.45) is 3.32. The molecule has 1 atom stereocenters. The Kier molecular flexibility index (Phi) is 6.01. The predicted molar refractivity (Wildman–Crippen MR) is 91.8 cm³/mol. The molecule has 0 spiro atoms. The van der Waals surface area contributed by atoms with Crippen LogP contribution in [-0.4, -0.2) is 6.54 Å². The van der Waals surface area contributed by atoms with Crippen LogP contribution in [0.5, 0.6) is 0 Å². The number of rotatable bonds is 7. The molecular formula is C20H27N. The number of hydrogen-bond donors (Lipinski definition) is 1. The quantitative estimate of drug-likeness (QED) is 0.761. The van der Waals surface area contributed by atoms with Gasteiger partial charge in [-0.2, -0.15) is 0 Å². The molecule has 21 heavy (non-hydrogen) atoms. The van der Waals surface area contributed by atoms with Gasteiger partial charge in [0.1, 0.15) is 0 Å². The number of benzene rings is 2. The van der Waals surface area contributed by atoms with Gasteiger partial charge in [-0.1, -0.05) is 69.3 Å². The molecular weight excluding hydrogens is 254 g/mol. The lowest BCUT2D eigenvalue weighted by Crippen LogP contribution is -2.24. The molecule has 2 rings (SSSR count). The lowest BCUT2D eigenvalue weighted by Gasteiger charge is -2.22. The highest BCUT2D eigenvalue weighted by Gasteiger charge is 2.15. The molecule has 0 bridgehead atoms. The summed E-state index contributed by atoms with van der Waals surface area (Å²) in [6, 6.07) is 18.2. The second kappa shape index (κ2) is 7.99. The smallest absolute Gasteiger partial charge is 0.0579 e. The van der Waals surface area contributed by atoms with Gasteiger partial charge in [0.25, 0.3) is 0 Å². The zero-order chi connectivity index (χ0) is 15.1. The van der Waals surface area contributed by atoms with Crippen LogP contribution in [0.1, 0.15) is 55.5 Å². The monoisotopic (exact) mass is 281 g/mol. The first-order valence-electron chi connectivity index (χ1n) is 8.20. The summed E-state index contributed by atoms with van der Waals surface area (Å²) in [5.41, 5.74) is 5.61. The first-order chi connectivity index (χ1) is 10.3. The first kappa shape index (κ1) is 15.8. The molecule has 0 aliphatic carbocycles. The molecule has 0 saturated heterocycles. The van der Waals surface area contributed by atoms with Gasteiger partial charge in [0.15, 0.2) is 0 Å².